The van der Waals surface area contributed by atoms with Gasteiger partial charge >= 0.3 is 0 Å². The van der Waals surface area contributed by atoms with Gasteiger partial charge in [0.2, 0.25) is 0 Å². The smallest absolute Gasteiger partial charge is 0.162 e. The highest BCUT2D eigenvalue weighted by molar-refractivity contribution is 8.00. The number of ether oxygens (including phenoxy) is 2. The number of hydrogen-bond donors (Lipinski definition) is 1. The third kappa shape index (κ3) is 3.23. The van der Waals surface area contributed by atoms with Gasteiger partial charge in [0.15, 0.2) is 11.5 Å². The lowest BCUT2D eigenvalue weighted by Gasteiger charge is -2.32. The van der Waals surface area contributed by atoms with E-state index in [0.717, 1.165) is 43.5 Å². The molecule has 1 aromatic rings. The molecule has 0 bridgehead atoms. The van der Waals surface area contributed by atoms with Gasteiger partial charge in [-0.25, -0.2) is 0 Å². The zero-order chi connectivity index (χ0) is 13.9. The number of fused-ring (bicyclic) bond motifs is 1. The van der Waals surface area contributed by atoms with Crippen LogP contribution in [0.3, 0.4) is 0 Å². The Morgan fingerprint density at radius 3 is 2.80 bits per heavy atom. The van der Waals surface area contributed by atoms with E-state index in [1.165, 1.54) is 17.7 Å². The van der Waals surface area contributed by atoms with E-state index in [-0.39, 0.29) is 0 Å². The number of hydrogen-bond acceptors (Lipinski definition) is 4. The Hall–Kier alpha value is -0.870. The Bertz CT molecular complexity index is 466. The standard InChI is InChI=1S/C16H23NO2S/c1-11-3-5-13(17)16(9-11)20-12-4-6-14-15(10-12)19-8-2-7-18-14/h4,6,10-11,13,16H,2-3,5,7-9,17H2,1H3. The largest absolute Gasteiger partial charge is 0.490 e. The van der Waals surface area contributed by atoms with Crippen molar-refractivity contribution in [3.05, 3.63) is 18.2 Å². The van der Waals surface area contributed by atoms with Gasteiger partial charge in [0.25, 0.3) is 0 Å². The van der Waals surface area contributed by atoms with Crippen molar-refractivity contribution < 1.29 is 9.47 Å². The molecule has 1 saturated carbocycles. The zero-order valence-electron chi connectivity index (χ0n) is 12.0. The molecule has 1 fully saturated rings. The molecule has 0 saturated heterocycles. The van der Waals surface area contributed by atoms with Crippen LogP contribution in [-0.4, -0.2) is 24.5 Å². The van der Waals surface area contributed by atoms with Crippen LogP contribution in [0.5, 0.6) is 11.5 Å². The first-order chi connectivity index (χ1) is 9.72. The van der Waals surface area contributed by atoms with E-state index in [2.05, 4.69) is 19.1 Å². The second-order valence-electron chi connectivity index (χ2n) is 5.90. The van der Waals surface area contributed by atoms with Crippen LogP contribution in [0.4, 0.5) is 0 Å². The predicted molar refractivity (Wildman–Crippen MR) is 82.7 cm³/mol. The Morgan fingerprint density at radius 2 is 1.95 bits per heavy atom. The molecule has 3 rings (SSSR count). The summed E-state index contributed by atoms with van der Waals surface area (Å²) in [6.07, 6.45) is 4.56. The first-order valence-corrected chi connectivity index (χ1v) is 8.42. The van der Waals surface area contributed by atoms with E-state index in [0.29, 0.717) is 11.3 Å². The fourth-order valence-electron chi connectivity index (χ4n) is 2.88. The summed E-state index contributed by atoms with van der Waals surface area (Å²) in [7, 11) is 0. The van der Waals surface area contributed by atoms with Gasteiger partial charge in [0, 0.05) is 22.6 Å². The van der Waals surface area contributed by atoms with Crippen LogP contribution in [0, 0.1) is 5.92 Å². The van der Waals surface area contributed by atoms with Crippen molar-refractivity contribution >= 4 is 11.8 Å². The van der Waals surface area contributed by atoms with Crippen LogP contribution in [0.1, 0.15) is 32.6 Å². The summed E-state index contributed by atoms with van der Waals surface area (Å²) in [5, 5.41) is 0.517. The Kier molecular flexibility index (Phi) is 4.41. The molecule has 2 N–H and O–H groups in total. The summed E-state index contributed by atoms with van der Waals surface area (Å²) >= 11 is 1.90. The van der Waals surface area contributed by atoms with E-state index in [4.69, 9.17) is 15.2 Å². The number of rotatable bonds is 2. The first kappa shape index (κ1) is 14.1. The molecule has 110 valence electrons. The molecule has 1 heterocycles. The van der Waals surface area contributed by atoms with Crippen LogP contribution < -0.4 is 15.2 Å². The van der Waals surface area contributed by atoms with Crippen LogP contribution in [0.2, 0.25) is 0 Å². The summed E-state index contributed by atoms with van der Waals surface area (Å²) in [4.78, 5) is 1.24. The van der Waals surface area contributed by atoms with Gasteiger partial charge in [0.05, 0.1) is 13.2 Å². The number of benzene rings is 1. The topological polar surface area (TPSA) is 44.5 Å². The number of nitrogens with two attached hydrogens (primary N) is 1. The van der Waals surface area contributed by atoms with Crippen molar-refractivity contribution in [1.29, 1.82) is 0 Å². The molecule has 4 heteroatoms. The summed E-state index contributed by atoms with van der Waals surface area (Å²) in [5.74, 6) is 2.53. The van der Waals surface area contributed by atoms with Gasteiger partial charge in [-0.05, 0) is 43.4 Å². The normalized spacial score (nSPS) is 29.8. The van der Waals surface area contributed by atoms with Crippen molar-refractivity contribution in [2.24, 2.45) is 11.7 Å². The lowest BCUT2D eigenvalue weighted by atomic mass is 9.87. The van der Waals surface area contributed by atoms with Gasteiger partial charge in [-0.3, -0.25) is 0 Å². The molecule has 20 heavy (non-hydrogen) atoms. The summed E-state index contributed by atoms with van der Waals surface area (Å²) < 4.78 is 11.4. The van der Waals surface area contributed by atoms with Crippen molar-refractivity contribution in [3.8, 4) is 11.5 Å². The molecule has 3 atom stereocenters. The zero-order valence-corrected chi connectivity index (χ0v) is 12.8. The molecule has 0 radical (unpaired) electrons. The van der Waals surface area contributed by atoms with E-state index in [9.17, 15) is 0 Å². The highest BCUT2D eigenvalue weighted by Crippen LogP contribution is 2.39. The average Bonchev–Trinajstić information content (AvgIpc) is 2.67. The van der Waals surface area contributed by atoms with Crippen LogP contribution in [-0.2, 0) is 0 Å². The minimum absolute atomic E-state index is 0.312. The van der Waals surface area contributed by atoms with Gasteiger partial charge in [-0.2, -0.15) is 0 Å². The Balaban J connectivity index is 1.72. The minimum atomic E-state index is 0.312. The monoisotopic (exact) mass is 293 g/mol. The molecule has 2 aliphatic rings. The van der Waals surface area contributed by atoms with E-state index in [1.807, 2.05) is 17.8 Å². The molecule has 3 nitrogen and oxygen atoms in total. The van der Waals surface area contributed by atoms with Crippen molar-refractivity contribution in [3.63, 3.8) is 0 Å². The maximum Gasteiger partial charge on any atom is 0.162 e. The van der Waals surface area contributed by atoms with Gasteiger partial charge in [-0.15, -0.1) is 11.8 Å². The quantitative estimate of drug-likeness (QED) is 0.907. The first-order valence-electron chi connectivity index (χ1n) is 7.54. The van der Waals surface area contributed by atoms with Gasteiger partial charge in [-0.1, -0.05) is 6.92 Å². The average molecular weight is 293 g/mol. The lowest BCUT2D eigenvalue weighted by Crippen LogP contribution is -2.37. The maximum atomic E-state index is 6.28. The van der Waals surface area contributed by atoms with Crippen molar-refractivity contribution in [1.82, 2.24) is 0 Å². The highest BCUT2D eigenvalue weighted by Gasteiger charge is 2.27. The molecule has 3 unspecified atom stereocenters. The lowest BCUT2D eigenvalue weighted by molar-refractivity contribution is 0.297. The SMILES string of the molecule is CC1CCC(N)C(Sc2ccc3c(c2)OCCCO3)C1. The predicted octanol–water partition coefficient (Wildman–Crippen LogP) is 3.46. The number of thioether (sulfide) groups is 1. The van der Waals surface area contributed by atoms with E-state index >= 15 is 0 Å². The Morgan fingerprint density at radius 1 is 1.15 bits per heavy atom. The molecule has 1 aliphatic carbocycles. The van der Waals surface area contributed by atoms with Crippen LogP contribution >= 0.6 is 11.8 Å². The maximum absolute atomic E-state index is 6.28. The third-order valence-corrected chi connectivity index (χ3v) is 5.48. The second-order valence-corrected chi connectivity index (χ2v) is 7.21. The van der Waals surface area contributed by atoms with E-state index < -0.39 is 0 Å². The summed E-state index contributed by atoms with van der Waals surface area (Å²) in [5.41, 5.74) is 6.28. The molecular formula is C16H23NO2S. The fraction of sp³-hybridized carbons (Fsp3) is 0.625. The molecular weight excluding hydrogens is 270 g/mol. The van der Waals surface area contributed by atoms with Crippen molar-refractivity contribution in [2.45, 2.75) is 48.8 Å². The van der Waals surface area contributed by atoms with E-state index in [1.54, 1.807) is 0 Å². The molecule has 0 aromatic heterocycles. The summed E-state index contributed by atoms with van der Waals surface area (Å²) in [6.45, 7) is 3.80. The van der Waals surface area contributed by atoms with Crippen LogP contribution in [0.25, 0.3) is 0 Å². The Labute approximate surface area is 125 Å². The molecule has 1 aliphatic heterocycles. The fourth-order valence-corrected chi connectivity index (χ4v) is 4.29. The molecule has 0 amide bonds. The van der Waals surface area contributed by atoms with Gasteiger partial charge < -0.3 is 15.2 Å². The van der Waals surface area contributed by atoms with Crippen LogP contribution in [0.15, 0.2) is 23.1 Å². The molecule has 0 spiro atoms. The van der Waals surface area contributed by atoms with Gasteiger partial charge in [0.1, 0.15) is 0 Å². The molecule has 1 aromatic carbocycles. The third-order valence-electron chi connectivity index (χ3n) is 4.11. The van der Waals surface area contributed by atoms with Crippen molar-refractivity contribution in [2.75, 3.05) is 13.2 Å². The second kappa shape index (κ2) is 6.27. The summed E-state index contributed by atoms with van der Waals surface area (Å²) in [6, 6.07) is 6.58. The minimum Gasteiger partial charge on any atom is -0.490 e. The highest BCUT2D eigenvalue weighted by atomic mass is 32.2.